The van der Waals surface area contributed by atoms with Crippen LogP contribution >= 0.6 is 0 Å². The van der Waals surface area contributed by atoms with Crippen molar-refractivity contribution in [3.63, 3.8) is 0 Å². The zero-order valence-electron chi connectivity index (χ0n) is 12.7. The van der Waals surface area contributed by atoms with Gasteiger partial charge in [0.2, 0.25) is 0 Å². The van der Waals surface area contributed by atoms with Crippen molar-refractivity contribution in [2.24, 2.45) is 11.3 Å². The Morgan fingerprint density at radius 1 is 1.29 bits per heavy atom. The van der Waals surface area contributed by atoms with Crippen LogP contribution in [0.3, 0.4) is 0 Å². The molecule has 1 aliphatic carbocycles. The van der Waals surface area contributed by atoms with Gasteiger partial charge in [-0.15, -0.1) is 0 Å². The molecule has 0 aliphatic heterocycles. The molecule has 0 amide bonds. The fourth-order valence-corrected chi connectivity index (χ4v) is 3.41. The van der Waals surface area contributed by atoms with E-state index in [4.69, 9.17) is 0 Å². The number of hydrogen-bond donors (Lipinski definition) is 1. The zero-order chi connectivity index (χ0) is 13.1. The molecule has 2 nitrogen and oxygen atoms in total. The topological polar surface area (TPSA) is 15.3 Å². The second-order valence-corrected chi connectivity index (χ2v) is 7.27. The lowest BCUT2D eigenvalue weighted by Crippen LogP contribution is -2.44. The molecule has 1 rings (SSSR count). The lowest BCUT2D eigenvalue weighted by atomic mass is 9.70. The highest BCUT2D eigenvalue weighted by atomic mass is 15.1. The summed E-state index contributed by atoms with van der Waals surface area (Å²) in [4.78, 5) is 2.27. The van der Waals surface area contributed by atoms with Crippen LogP contribution in [0.4, 0.5) is 0 Å². The quantitative estimate of drug-likeness (QED) is 0.794. The number of nitrogens with zero attached hydrogens (tertiary/aromatic N) is 1. The van der Waals surface area contributed by atoms with Gasteiger partial charge in [-0.2, -0.15) is 0 Å². The molecule has 1 saturated carbocycles. The molecule has 0 bridgehead atoms. The average molecular weight is 240 g/mol. The van der Waals surface area contributed by atoms with E-state index in [1.54, 1.807) is 0 Å². The maximum Gasteiger partial charge on any atom is 0.00771 e. The van der Waals surface area contributed by atoms with Crippen molar-refractivity contribution in [2.45, 2.75) is 65.5 Å². The van der Waals surface area contributed by atoms with Gasteiger partial charge in [0.25, 0.3) is 0 Å². The maximum absolute atomic E-state index is 3.83. The zero-order valence-corrected chi connectivity index (χ0v) is 12.7. The molecular formula is C15H32N2. The van der Waals surface area contributed by atoms with Gasteiger partial charge in [0.1, 0.15) is 0 Å². The van der Waals surface area contributed by atoms with Crippen molar-refractivity contribution in [1.29, 1.82) is 0 Å². The normalized spacial score (nSPS) is 30.5. The lowest BCUT2D eigenvalue weighted by Gasteiger charge is -2.40. The average Bonchev–Trinajstić information content (AvgIpc) is 2.11. The standard InChI is InChI=1S/C15H32N2/c1-12-9-14(11-15(3,4)10-12)16-13(2)7-8-17(5)6/h12-14,16H,7-11H2,1-6H3. The molecule has 0 aromatic carbocycles. The SMILES string of the molecule is CC1CC(NC(C)CCN(C)C)CC(C)(C)C1. The number of hydrogen-bond acceptors (Lipinski definition) is 2. The lowest BCUT2D eigenvalue weighted by molar-refractivity contribution is 0.143. The first-order valence-corrected chi connectivity index (χ1v) is 7.19. The molecule has 2 heteroatoms. The van der Waals surface area contributed by atoms with Crippen LogP contribution in [-0.4, -0.2) is 37.6 Å². The van der Waals surface area contributed by atoms with E-state index in [-0.39, 0.29) is 0 Å². The minimum Gasteiger partial charge on any atom is -0.311 e. The molecule has 0 spiro atoms. The first-order chi connectivity index (χ1) is 7.78. The van der Waals surface area contributed by atoms with E-state index >= 15 is 0 Å². The van der Waals surface area contributed by atoms with Crippen molar-refractivity contribution in [3.8, 4) is 0 Å². The van der Waals surface area contributed by atoms with Crippen LogP contribution in [0.1, 0.15) is 53.4 Å². The molecule has 0 aromatic heterocycles. The highest BCUT2D eigenvalue weighted by molar-refractivity contribution is 4.87. The maximum atomic E-state index is 3.83. The van der Waals surface area contributed by atoms with E-state index in [1.807, 2.05) is 0 Å². The van der Waals surface area contributed by atoms with Crippen LogP contribution < -0.4 is 5.32 Å². The molecule has 3 unspecified atom stereocenters. The Morgan fingerprint density at radius 3 is 2.47 bits per heavy atom. The molecular weight excluding hydrogens is 208 g/mol. The molecule has 1 aliphatic rings. The minimum atomic E-state index is 0.524. The van der Waals surface area contributed by atoms with E-state index in [0.717, 1.165) is 12.0 Å². The third-order valence-corrected chi connectivity index (χ3v) is 3.92. The number of rotatable bonds is 5. The molecule has 1 N–H and O–H groups in total. The van der Waals surface area contributed by atoms with Crippen molar-refractivity contribution >= 4 is 0 Å². The van der Waals surface area contributed by atoms with Gasteiger partial charge in [-0.05, 0) is 64.6 Å². The summed E-state index contributed by atoms with van der Waals surface area (Å²) in [5.41, 5.74) is 0.524. The van der Waals surface area contributed by atoms with Gasteiger partial charge in [-0.3, -0.25) is 0 Å². The highest BCUT2D eigenvalue weighted by Gasteiger charge is 2.32. The Kier molecular flexibility index (Phi) is 5.46. The van der Waals surface area contributed by atoms with Crippen molar-refractivity contribution < 1.29 is 0 Å². The van der Waals surface area contributed by atoms with Crippen molar-refractivity contribution in [2.75, 3.05) is 20.6 Å². The fraction of sp³-hybridized carbons (Fsp3) is 1.00. The van der Waals surface area contributed by atoms with Crippen molar-refractivity contribution in [3.05, 3.63) is 0 Å². The van der Waals surface area contributed by atoms with Crippen LogP contribution in [0.25, 0.3) is 0 Å². The van der Waals surface area contributed by atoms with Gasteiger partial charge >= 0.3 is 0 Å². The predicted octanol–water partition coefficient (Wildman–Crippen LogP) is 3.13. The molecule has 0 aromatic rings. The number of nitrogens with one attached hydrogen (secondary N) is 1. The van der Waals surface area contributed by atoms with E-state index < -0.39 is 0 Å². The summed E-state index contributed by atoms with van der Waals surface area (Å²) in [5.74, 6) is 0.872. The van der Waals surface area contributed by atoms with Gasteiger partial charge < -0.3 is 10.2 Å². The molecule has 102 valence electrons. The molecule has 17 heavy (non-hydrogen) atoms. The fourth-order valence-electron chi connectivity index (χ4n) is 3.41. The van der Waals surface area contributed by atoms with Crippen LogP contribution in [0, 0.1) is 11.3 Å². The van der Waals surface area contributed by atoms with Gasteiger partial charge in [0, 0.05) is 12.1 Å². The second-order valence-electron chi connectivity index (χ2n) is 7.27. The second kappa shape index (κ2) is 6.19. The Labute approximate surface area is 108 Å². The third-order valence-electron chi connectivity index (χ3n) is 3.92. The molecule has 0 heterocycles. The van der Waals surface area contributed by atoms with E-state index in [2.05, 4.69) is 52.0 Å². The van der Waals surface area contributed by atoms with Crippen LogP contribution in [-0.2, 0) is 0 Å². The highest BCUT2D eigenvalue weighted by Crippen LogP contribution is 2.38. The molecule has 3 atom stereocenters. The first-order valence-electron chi connectivity index (χ1n) is 7.19. The van der Waals surface area contributed by atoms with Crippen LogP contribution in [0.15, 0.2) is 0 Å². The summed E-state index contributed by atoms with van der Waals surface area (Å²) in [7, 11) is 4.30. The van der Waals surface area contributed by atoms with Crippen molar-refractivity contribution in [1.82, 2.24) is 10.2 Å². The summed E-state index contributed by atoms with van der Waals surface area (Å²) >= 11 is 0. The van der Waals surface area contributed by atoms with Gasteiger partial charge in [0.05, 0.1) is 0 Å². The largest absolute Gasteiger partial charge is 0.311 e. The summed E-state index contributed by atoms with van der Waals surface area (Å²) < 4.78 is 0. The van der Waals surface area contributed by atoms with Crippen LogP contribution in [0.5, 0.6) is 0 Å². The third kappa shape index (κ3) is 5.87. The monoisotopic (exact) mass is 240 g/mol. The van der Waals surface area contributed by atoms with E-state index in [0.29, 0.717) is 11.5 Å². The summed E-state index contributed by atoms with van der Waals surface area (Å²) in [5, 5.41) is 3.83. The molecule has 0 saturated heterocycles. The smallest absolute Gasteiger partial charge is 0.00771 e. The Morgan fingerprint density at radius 2 is 1.94 bits per heavy atom. The van der Waals surface area contributed by atoms with E-state index in [1.165, 1.54) is 32.2 Å². The van der Waals surface area contributed by atoms with E-state index in [9.17, 15) is 0 Å². The Balaban J connectivity index is 2.35. The molecule has 1 fully saturated rings. The minimum absolute atomic E-state index is 0.524. The summed E-state index contributed by atoms with van der Waals surface area (Å²) in [6.45, 7) is 10.7. The molecule has 0 radical (unpaired) electrons. The Bertz CT molecular complexity index is 223. The van der Waals surface area contributed by atoms with Gasteiger partial charge in [0.15, 0.2) is 0 Å². The summed E-state index contributed by atoms with van der Waals surface area (Å²) in [6.07, 6.45) is 5.33. The first kappa shape index (κ1) is 15.0. The predicted molar refractivity (Wildman–Crippen MR) is 76.4 cm³/mol. The summed E-state index contributed by atoms with van der Waals surface area (Å²) in [6, 6.07) is 1.37. The van der Waals surface area contributed by atoms with Gasteiger partial charge in [-0.1, -0.05) is 20.8 Å². The van der Waals surface area contributed by atoms with Crippen LogP contribution in [0.2, 0.25) is 0 Å². The van der Waals surface area contributed by atoms with Gasteiger partial charge in [-0.25, -0.2) is 0 Å². The Hall–Kier alpha value is -0.0800.